The van der Waals surface area contributed by atoms with E-state index in [1.807, 2.05) is 0 Å². The highest BCUT2D eigenvalue weighted by Gasteiger charge is 2.56. The zero-order valence-electron chi connectivity index (χ0n) is 7.28. The van der Waals surface area contributed by atoms with Gasteiger partial charge in [0, 0.05) is 13.1 Å². The quantitative estimate of drug-likeness (QED) is 0.454. The van der Waals surface area contributed by atoms with Crippen molar-refractivity contribution in [2.24, 2.45) is 5.73 Å². The van der Waals surface area contributed by atoms with Gasteiger partial charge in [-0.05, 0) is 6.42 Å². The summed E-state index contributed by atoms with van der Waals surface area (Å²) in [7, 11) is -3.07. The number of nitrogens with two attached hydrogens (primary N) is 1. The van der Waals surface area contributed by atoms with Crippen LogP contribution in [0.15, 0.2) is 0 Å². The molecule has 5 nitrogen and oxygen atoms in total. The average Bonchev–Trinajstić information content (AvgIpc) is 2.22. The molecule has 4 N–H and O–H groups in total. The molecule has 2 aliphatic rings. The molecule has 76 valence electrons. The van der Waals surface area contributed by atoms with E-state index in [0.717, 1.165) is 0 Å². The maximum Gasteiger partial charge on any atom is 0.153 e. The fourth-order valence-corrected chi connectivity index (χ4v) is 3.90. The van der Waals surface area contributed by atoms with Crippen molar-refractivity contribution in [1.29, 1.82) is 0 Å². The Morgan fingerprint density at radius 3 is 2.31 bits per heavy atom. The number of hydrogen-bond acceptors (Lipinski definition) is 5. The molecule has 0 aromatic carbocycles. The molecule has 0 bridgehead atoms. The predicted molar refractivity (Wildman–Crippen MR) is 48.0 cm³/mol. The normalized spacial score (nSPS) is 41.4. The van der Waals surface area contributed by atoms with E-state index in [0.29, 0.717) is 13.1 Å². The number of nitrogens with one attached hydrogen (secondary N) is 1. The summed E-state index contributed by atoms with van der Waals surface area (Å²) < 4.78 is 22.4. The molecule has 0 saturated carbocycles. The molecular formula is C7H14N2O3S. The van der Waals surface area contributed by atoms with Crippen LogP contribution in [0.4, 0.5) is 0 Å². The second kappa shape index (κ2) is 2.44. The molecule has 2 rings (SSSR count). The first-order valence-electron chi connectivity index (χ1n) is 4.29. The summed E-state index contributed by atoms with van der Waals surface area (Å²) in [6.45, 7) is 0.998. The van der Waals surface area contributed by atoms with Crippen LogP contribution in [0, 0.1) is 0 Å². The molecule has 1 atom stereocenters. The Morgan fingerprint density at radius 2 is 2.00 bits per heavy atom. The number of hydrogen-bond donors (Lipinski definition) is 3. The molecule has 0 amide bonds. The maximum atomic E-state index is 11.2. The summed E-state index contributed by atoms with van der Waals surface area (Å²) in [4.78, 5) is 0. The minimum absolute atomic E-state index is 0.0580. The smallest absolute Gasteiger partial charge is 0.153 e. The van der Waals surface area contributed by atoms with Crippen molar-refractivity contribution in [3.8, 4) is 0 Å². The van der Waals surface area contributed by atoms with Gasteiger partial charge >= 0.3 is 0 Å². The van der Waals surface area contributed by atoms with Crippen molar-refractivity contribution in [3.63, 3.8) is 0 Å². The fraction of sp³-hybridized carbons (Fsp3) is 1.00. The van der Waals surface area contributed by atoms with Crippen molar-refractivity contribution in [1.82, 2.24) is 5.32 Å². The van der Waals surface area contributed by atoms with Gasteiger partial charge in [0.15, 0.2) is 9.84 Å². The molecule has 2 heterocycles. The summed E-state index contributed by atoms with van der Waals surface area (Å²) in [5, 5.41) is 13.0. The van der Waals surface area contributed by atoms with Crippen LogP contribution in [-0.4, -0.2) is 49.3 Å². The van der Waals surface area contributed by atoms with Crippen molar-refractivity contribution in [3.05, 3.63) is 0 Å². The Kier molecular flexibility index (Phi) is 1.76. The van der Waals surface area contributed by atoms with Crippen LogP contribution >= 0.6 is 0 Å². The monoisotopic (exact) mass is 206 g/mol. The minimum Gasteiger partial charge on any atom is -0.387 e. The van der Waals surface area contributed by atoms with E-state index in [9.17, 15) is 13.5 Å². The first kappa shape index (κ1) is 9.39. The SMILES string of the molecule is NC1(C2(O)CCS(=O)(=O)C2)CNC1. The summed E-state index contributed by atoms with van der Waals surface area (Å²) in [6.07, 6.45) is 0.271. The third-order valence-electron chi connectivity index (χ3n) is 3.09. The van der Waals surface area contributed by atoms with Gasteiger partial charge in [-0.25, -0.2) is 8.42 Å². The largest absolute Gasteiger partial charge is 0.387 e. The van der Waals surface area contributed by atoms with Crippen LogP contribution in [0.3, 0.4) is 0 Å². The van der Waals surface area contributed by atoms with Gasteiger partial charge in [0.05, 0.1) is 22.6 Å². The molecule has 2 fully saturated rings. The van der Waals surface area contributed by atoms with Gasteiger partial charge < -0.3 is 16.2 Å². The Labute approximate surface area is 77.2 Å². The topological polar surface area (TPSA) is 92.4 Å². The van der Waals surface area contributed by atoms with Crippen LogP contribution in [0.5, 0.6) is 0 Å². The minimum atomic E-state index is -3.07. The summed E-state index contributed by atoms with van der Waals surface area (Å²) >= 11 is 0. The van der Waals surface area contributed by atoms with Crippen molar-refractivity contribution < 1.29 is 13.5 Å². The molecule has 0 aliphatic carbocycles. The molecule has 2 saturated heterocycles. The van der Waals surface area contributed by atoms with Crippen molar-refractivity contribution in [2.45, 2.75) is 17.6 Å². The number of rotatable bonds is 1. The van der Waals surface area contributed by atoms with E-state index in [1.165, 1.54) is 0 Å². The van der Waals surface area contributed by atoms with Gasteiger partial charge in [0.2, 0.25) is 0 Å². The number of aliphatic hydroxyl groups is 1. The molecule has 0 radical (unpaired) electrons. The van der Waals surface area contributed by atoms with Gasteiger partial charge in [-0.15, -0.1) is 0 Å². The molecule has 0 aromatic rings. The van der Waals surface area contributed by atoms with E-state index >= 15 is 0 Å². The van der Waals surface area contributed by atoms with E-state index < -0.39 is 21.0 Å². The highest BCUT2D eigenvalue weighted by molar-refractivity contribution is 7.91. The van der Waals surface area contributed by atoms with E-state index in [-0.39, 0.29) is 17.9 Å². The lowest BCUT2D eigenvalue weighted by Gasteiger charge is -2.48. The van der Waals surface area contributed by atoms with Gasteiger partial charge in [-0.3, -0.25) is 0 Å². The van der Waals surface area contributed by atoms with Gasteiger partial charge in [0.25, 0.3) is 0 Å². The molecule has 2 aliphatic heterocycles. The van der Waals surface area contributed by atoms with Crippen LogP contribution in [0.1, 0.15) is 6.42 Å². The Balaban J connectivity index is 2.23. The first-order chi connectivity index (χ1) is 5.87. The van der Waals surface area contributed by atoms with Gasteiger partial charge in [-0.2, -0.15) is 0 Å². The lowest BCUT2D eigenvalue weighted by molar-refractivity contribution is -0.0367. The van der Waals surface area contributed by atoms with E-state index in [4.69, 9.17) is 5.73 Å². The molecule has 0 aromatic heterocycles. The predicted octanol–water partition coefficient (Wildman–Crippen LogP) is -2.16. The van der Waals surface area contributed by atoms with Crippen molar-refractivity contribution >= 4 is 9.84 Å². The average molecular weight is 206 g/mol. The molecule has 6 heteroatoms. The molecule has 1 unspecified atom stereocenters. The lowest BCUT2D eigenvalue weighted by atomic mass is 9.75. The van der Waals surface area contributed by atoms with E-state index in [2.05, 4.69) is 5.32 Å². The van der Waals surface area contributed by atoms with Crippen LogP contribution in [0.2, 0.25) is 0 Å². The standard InChI is InChI=1S/C7H14N2O3S/c8-6(3-9-4-6)7(10)1-2-13(11,12)5-7/h9-10H,1-5,8H2. The molecular weight excluding hydrogens is 192 g/mol. The van der Waals surface area contributed by atoms with Crippen LogP contribution in [0.25, 0.3) is 0 Å². The fourth-order valence-electron chi connectivity index (χ4n) is 1.95. The van der Waals surface area contributed by atoms with Crippen molar-refractivity contribution in [2.75, 3.05) is 24.6 Å². The Morgan fingerprint density at radius 1 is 1.38 bits per heavy atom. The highest BCUT2D eigenvalue weighted by Crippen LogP contribution is 2.34. The molecule has 0 spiro atoms. The zero-order chi connectivity index (χ0) is 9.74. The summed E-state index contributed by atoms with van der Waals surface area (Å²) in [5.74, 6) is -0.124. The lowest BCUT2D eigenvalue weighted by Crippen LogP contribution is -2.77. The summed E-state index contributed by atoms with van der Waals surface area (Å²) in [5.41, 5.74) is 3.94. The third-order valence-corrected chi connectivity index (χ3v) is 4.84. The Bertz CT molecular complexity index is 323. The molecule has 13 heavy (non-hydrogen) atoms. The van der Waals surface area contributed by atoms with E-state index in [1.54, 1.807) is 0 Å². The second-order valence-corrected chi connectivity index (χ2v) is 6.32. The number of sulfone groups is 1. The maximum absolute atomic E-state index is 11.2. The Hall–Kier alpha value is -0.170. The highest BCUT2D eigenvalue weighted by atomic mass is 32.2. The third kappa shape index (κ3) is 1.28. The summed E-state index contributed by atoms with van der Waals surface area (Å²) in [6, 6.07) is 0. The van der Waals surface area contributed by atoms with Crippen LogP contribution < -0.4 is 11.1 Å². The first-order valence-corrected chi connectivity index (χ1v) is 6.12. The van der Waals surface area contributed by atoms with Crippen LogP contribution in [-0.2, 0) is 9.84 Å². The zero-order valence-corrected chi connectivity index (χ0v) is 8.10. The second-order valence-electron chi connectivity index (χ2n) is 4.13. The van der Waals surface area contributed by atoms with Gasteiger partial charge in [-0.1, -0.05) is 0 Å². The van der Waals surface area contributed by atoms with Gasteiger partial charge in [0.1, 0.15) is 0 Å².